The largest absolute Gasteiger partial charge is 0.481 e. The molecule has 0 aromatic heterocycles. The van der Waals surface area contributed by atoms with E-state index in [0.29, 0.717) is 6.42 Å². The Kier molecular flexibility index (Phi) is 11.4. The van der Waals surface area contributed by atoms with E-state index in [0.717, 1.165) is 24.8 Å². The summed E-state index contributed by atoms with van der Waals surface area (Å²) in [5.74, 6) is 0. The van der Waals surface area contributed by atoms with Crippen LogP contribution < -0.4 is 0 Å². The van der Waals surface area contributed by atoms with Crippen molar-refractivity contribution in [2.24, 2.45) is 0 Å². The molecule has 144 valence electrons. The first-order valence-electron chi connectivity index (χ1n) is 7.80. The molecule has 25 heavy (non-hydrogen) atoms. The van der Waals surface area contributed by atoms with Gasteiger partial charge in [0.1, 0.15) is 0 Å². The van der Waals surface area contributed by atoms with Crippen molar-refractivity contribution in [1.82, 2.24) is 0 Å². The lowest BCUT2D eigenvalue weighted by Gasteiger charge is -2.11. The fourth-order valence-electron chi connectivity index (χ4n) is 1.86. The zero-order valence-electron chi connectivity index (χ0n) is 14.9. The molecule has 0 amide bonds. The summed E-state index contributed by atoms with van der Waals surface area (Å²) in [6.45, 7) is 9.55. The van der Waals surface area contributed by atoms with Crippen LogP contribution in [-0.4, -0.2) is 21.3 Å². The molecule has 0 spiro atoms. The van der Waals surface area contributed by atoms with Crippen LogP contribution in [0.3, 0.4) is 0 Å². The van der Waals surface area contributed by atoms with Crippen LogP contribution in [0.2, 0.25) is 0 Å². The smallest absolute Gasteiger partial charge is 0.302 e. The van der Waals surface area contributed by atoms with Crippen LogP contribution in [0.1, 0.15) is 46.5 Å². The molecule has 0 aromatic carbocycles. The minimum Gasteiger partial charge on any atom is -0.302 e. The van der Waals surface area contributed by atoms with E-state index in [4.69, 9.17) is 14.7 Å². The molecule has 0 aliphatic heterocycles. The van der Waals surface area contributed by atoms with Crippen molar-refractivity contribution in [2.75, 3.05) is 6.61 Å². The van der Waals surface area contributed by atoms with Crippen LogP contribution in [0.25, 0.3) is 0 Å². The fraction of sp³-hybridized carbons (Fsp3) is 0.500. The molecular weight excluding hydrogens is 366 g/mol. The van der Waals surface area contributed by atoms with E-state index in [-0.39, 0.29) is 6.61 Å². The zero-order valence-corrected chi connectivity index (χ0v) is 16.7. The SMILES string of the molecule is C=C/C(=C\COP(=O)(O)OP(=O)(O)O)CC/C=C(\C)CCC=C(C)C. The summed E-state index contributed by atoms with van der Waals surface area (Å²) in [7, 11) is -9.90. The summed E-state index contributed by atoms with van der Waals surface area (Å²) < 4.78 is 30.0. The lowest BCUT2D eigenvalue weighted by molar-refractivity contribution is 0.191. The van der Waals surface area contributed by atoms with E-state index >= 15 is 0 Å². The van der Waals surface area contributed by atoms with Gasteiger partial charge in [-0.3, -0.25) is 4.52 Å². The first-order chi connectivity index (χ1) is 11.4. The normalized spacial score (nSPS) is 15.6. The van der Waals surface area contributed by atoms with Gasteiger partial charge in [0.05, 0.1) is 6.61 Å². The van der Waals surface area contributed by atoms with Gasteiger partial charge in [0.15, 0.2) is 0 Å². The third-order valence-corrected chi connectivity index (χ3v) is 5.22. The van der Waals surface area contributed by atoms with Gasteiger partial charge in [-0.1, -0.05) is 42.0 Å². The van der Waals surface area contributed by atoms with Gasteiger partial charge < -0.3 is 14.7 Å². The van der Waals surface area contributed by atoms with Crippen molar-refractivity contribution in [1.29, 1.82) is 0 Å². The molecule has 1 unspecified atom stereocenters. The highest BCUT2D eigenvalue weighted by Gasteiger charge is 2.31. The molecule has 0 bridgehead atoms. The van der Waals surface area contributed by atoms with Gasteiger partial charge in [-0.15, -0.1) is 0 Å². The fourth-order valence-corrected chi connectivity index (χ4v) is 3.39. The minimum absolute atomic E-state index is 0.321. The van der Waals surface area contributed by atoms with Crippen LogP contribution in [0.15, 0.2) is 47.6 Å². The molecular formula is C16H28O7P2. The van der Waals surface area contributed by atoms with E-state index in [1.165, 1.54) is 17.2 Å². The third-order valence-electron chi connectivity index (χ3n) is 3.07. The Balaban J connectivity index is 4.39. The Morgan fingerprint density at radius 3 is 2.12 bits per heavy atom. The van der Waals surface area contributed by atoms with Gasteiger partial charge >= 0.3 is 15.6 Å². The molecule has 0 saturated carbocycles. The molecule has 0 aliphatic rings. The van der Waals surface area contributed by atoms with Crippen molar-refractivity contribution >= 4 is 15.6 Å². The summed E-state index contributed by atoms with van der Waals surface area (Å²) in [6.07, 6.45) is 10.9. The van der Waals surface area contributed by atoms with Crippen LogP contribution in [0.4, 0.5) is 0 Å². The summed E-state index contributed by atoms with van der Waals surface area (Å²) >= 11 is 0. The van der Waals surface area contributed by atoms with Gasteiger partial charge in [-0.25, -0.2) is 9.13 Å². The summed E-state index contributed by atoms with van der Waals surface area (Å²) in [5, 5.41) is 0. The quantitative estimate of drug-likeness (QED) is 0.248. The van der Waals surface area contributed by atoms with Gasteiger partial charge in [0.25, 0.3) is 0 Å². The minimum atomic E-state index is -5.09. The van der Waals surface area contributed by atoms with Crippen molar-refractivity contribution in [2.45, 2.75) is 46.5 Å². The maximum Gasteiger partial charge on any atom is 0.481 e. The average molecular weight is 394 g/mol. The van der Waals surface area contributed by atoms with E-state index in [2.05, 4.69) is 48.3 Å². The first kappa shape index (κ1) is 24.2. The van der Waals surface area contributed by atoms with Crippen LogP contribution in [0.5, 0.6) is 0 Å². The molecule has 0 radical (unpaired) electrons. The van der Waals surface area contributed by atoms with E-state index in [9.17, 15) is 9.13 Å². The monoisotopic (exact) mass is 394 g/mol. The predicted molar refractivity (Wildman–Crippen MR) is 98.8 cm³/mol. The summed E-state index contributed by atoms with van der Waals surface area (Å²) in [5.41, 5.74) is 3.38. The number of allylic oxidation sites excluding steroid dienone is 6. The maximum atomic E-state index is 11.3. The second-order valence-corrected chi connectivity index (χ2v) is 8.56. The highest BCUT2D eigenvalue weighted by Crippen LogP contribution is 2.57. The standard InChI is InChI=1S/C16H28O7P2/c1-5-16(11-7-10-15(4)9-6-8-14(2)3)12-13-22-25(20,21)23-24(17,18)19/h5,8,10,12H,1,6-7,9,11,13H2,2-4H3,(H,20,21)(H2,17,18,19)/b15-10+,16-12+. The molecule has 0 fully saturated rings. The lowest BCUT2D eigenvalue weighted by Crippen LogP contribution is -1.95. The number of hydrogen-bond acceptors (Lipinski definition) is 4. The zero-order chi connectivity index (χ0) is 19.5. The van der Waals surface area contributed by atoms with Crippen molar-refractivity contribution in [3.63, 3.8) is 0 Å². The Morgan fingerprint density at radius 2 is 1.60 bits per heavy atom. The summed E-state index contributed by atoms with van der Waals surface area (Å²) in [4.78, 5) is 26.2. The molecule has 0 aromatic rings. The molecule has 3 N–H and O–H groups in total. The average Bonchev–Trinajstić information content (AvgIpc) is 2.42. The molecule has 0 rings (SSSR count). The second kappa shape index (κ2) is 11.8. The lowest BCUT2D eigenvalue weighted by atomic mass is 10.1. The Morgan fingerprint density at radius 1 is 1.00 bits per heavy atom. The predicted octanol–water partition coefficient (Wildman–Crippen LogP) is 4.80. The third kappa shape index (κ3) is 15.2. The Bertz CT molecular complexity index is 610. The molecule has 0 aliphatic carbocycles. The van der Waals surface area contributed by atoms with Crippen molar-refractivity contribution < 1.29 is 32.6 Å². The number of phosphoric acid groups is 2. The highest BCUT2D eigenvalue weighted by atomic mass is 31.3. The molecule has 1 atom stereocenters. The van der Waals surface area contributed by atoms with E-state index in [1.54, 1.807) is 6.08 Å². The van der Waals surface area contributed by atoms with Gasteiger partial charge in [0.2, 0.25) is 0 Å². The van der Waals surface area contributed by atoms with Gasteiger partial charge in [-0.05, 0) is 52.0 Å². The number of phosphoric ester groups is 1. The molecule has 9 heteroatoms. The van der Waals surface area contributed by atoms with E-state index < -0.39 is 15.6 Å². The Hall–Kier alpha value is -0.780. The highest BCUT2D eigenvalue weighted by molar-refractivity contribution is 7.60. The number of rotatable bonds is 12. The van der Waals surface area contributed by atoms with Gasteiger partial charge in [0, 0.05) is 0 Å². The first-order valence-corrected chi connectivity index (χ1v) is 10.8. The molecule has 7 nitrogen and oxygen atoms in total. The van der Waals surface area contributed by atoms with Crippen LogP contribution >= 0.6 is 15.6 Å². The maximum absolute atomic E-state index is 11.3. The van der Waals surface area contributed by atoms with Crippen LogP contribution in [-0.2, 0) is 18.0 Å². The van der Waals surface area contributed by atoms with Crippen LogP contribution in [0, 0.1) is 0 Å². The summed E-state index contributed by atoms with van der Waals surface area (Å²) in [6, 6.07) is 0. The van der Waals surface area contributed by atoms with E-state index in [1.807, 2.05) is 0 Å². The molecule has 0 heterocycles. The number of hydrogen-bond donors (Lipinski definition) is 3. The Labute approximate surface area is 149 Å². The van der Waals surface area contributed by atoms with Gasteiger partial charge in [-0.2, -0.15) is 4.31 Å². The van der Waals surface area contributed by atoms with Crippen molar-refractivity contribution in [3.05, 3.63) is 47.6 Å². The van der Waals surface area contributed by atoms with Crippen molar-refractivity contribution in [3.8, 4) is 0 Å². The molecule has 0 saturated heterocycles. The second-order valence-electron chi connectivity index (χ2n) is 5.73. The topological polar surface area (TPSA) is 113 Å².